The Morgan fingerprint density at radius 3 is 2.61 bits per heavy atom. The Labute approximate surface area is 107 Å². The van der Waals surface area contributed by atoms with Gasteiger partial charge in [-0.2, -0.15) is 15.0 Å². The average Bonchev–Trinajstić information content (AvgIpc) is 2.25. The maximum atomic E-state index is 9.87. The van der Waals surface area contributed by atoms with Gasteiger partial charge in [0.1, 0.15) is 0 Å². The standard InChI is InChI=1S/C11H21N5O2/c1-5-11(4,17)6-13-9-14-8(12)15-10(16-9)18-7(2)3/h7,17H,5-6H2,1-4H3,(H3,12,13,14,15,16). The lowest BCUT2D eigenvalue weighted by atomic mass is 10.0. The number of nitrogens with one attached hydrogen (secondary N) is 1. The van der Waals surface area contributed by atoms with E-state index in [9.17, 15) is 5.11 Å². The van der Waals surface area contributed by atoms with Crippen molar-refractivity contribution < 1.29 is 9.84 Å². The first kappa shape index (κ1) is 14.4. The highest BCUT2D eigenvalue weighted by Gasteiger charge is 2.18. The van der Waals surface area contributed by atoms with Crippen LogP contribution in [0, 0.1) is 0 Å². The molecule has 0 radical (unpaired) electrons. The minimum atomic E-state index is -0.819. The molecule has 1 aromatic heterocycles. The minimum absolute atomic E-state index is 0.0431. The minimum Gasteiger partial charge on any atom is -0.461 e. The molecule has 1 rings (SSSR count). The van der Waals surface area contributed by atoms with E-state index in [2.05, 4.69) is 20.3 Å². The molecule has 0 fully saturated rings. The zero-order chi connectivity index (χ0) is 13.8. The van der Waals surface area contributed by atoms with Crippen molar-refractivity contribution in [2.24, 2.45) is 0 Å². The number of aromatic nitrogens is 3. The van der Waals surface area contributed by atoms with Crippen LogP contribution in [0.3, 0.4) is 0 Å². The van der Waals surface area contributed by atoms with E-state index >= 15 is 0 Å². The number of ether oxygens (including phenoxy) is 1. The number of nitrogens with two attached hydrogens (primary N) is 1. The van der Waals surface area contributed by atoms with Crippen LogP contribution in [0.1, 0.15) is 34.1 Å². The predicted molar refractivity (Wildman–Crippen MR) is 69.4 cm³/mol. The van der Waals surface area contributed by atoms with E-state index in [-0.39, 0.29) is 18.1 Å². The molecule has 0 amide bonds. The molecule has 4 N–H and O–H groups in total. The van der Waals surface area contributed by atoms with E-state index in [1.807, 2.05) is 20.8 Å². The number of anilines is 2. The molecule has 1 heterocycles. The van der Waals surface area contributed by atoms with Crippen LogP contribution in [0.4, 0.5) is 11.9 Å². The largest absolute Gasteiger partial charge is 0.461 e. The topological polar surface area (TPSA) is 106 Å². The molecule has 7 heteroatoms. The number of rotatable bonds is 6. The lowest BCUT2D eigenvalue weighted by molar-refractivity contribution is 0.0695. The Balaban J connectivity index is 2.74. The third kappa shape index (κ3) is 4.70. The van der Waals surface area contributed by atoms with Gasteiger partial charge >= 0.3 is 6.01 Å². The maximum absolute atomic E-state index is 9.87. The van der Waals surface area contributed by atoms with E-state index in [4.69, 9.17) is 10.5 Å². The third-order valence-corrected chi connectivity index (χ3v) is 2.36. The Kier molecular flexibility index (Phi) is 4.66. The predicted octanol–water partition coefficient (Wildman–Crippen LogP) is 0.814. The van der Waals surface area contributed by atoms with Crippen molar-refractivity contribution in [3.05, 3.63) is 0 Å². The summed E-state index contributed by atoms with van der Waals surface area (Å²) < 4.78 is 5.35. The van der Waals surface area contributed by atoms with Crippen LogP contribution in [0.5, 0.6) is 6.01 Å². The number of hydrogen-bond donors (Lipinski definition) is 3. The lowest BCUT2D eigenvalue weighted by Gasteiger charge is -2.21. The fourth-order valence-electron chi connectivity index (χ4n) is 1.11. The normalized spacial score (nSPS) is 14.3. The summed E-state index contributed by atoms with van der Waals surface area (Å²) in [5.41, 5.74) is 4.74. The van der Waals surface area contributed by atoms with Gasteiger partial charge in [0.25, 0.3) is 0 Å². The van der Waals surface area contributed by atoms with Crippen molar-refractivity contribution in [2.45, 2.75) is 45.8 Å². The summed E-state index contributed by atoms with van der Waals surface area (Å²) in [5, 5.41) is 12.8. The first-order valence-corrected chi connectivity index (χ1v) is 5.97. The SMILES string of the molecule is CCC(C)(O)CNc1nc(N)nc(OC(C)C)n1. The van der Waals surface area contributed by atoms with Crippen molar-refractivity contribution in [3.63, 3.8) is 0 Å². The number of hydrogen-bond acceptors (Lipinski definition) is 7. The maximum Gasteiger partial charge on any atom is 0.323 e. The van der Waals surface area contributed by atoms with Crippen LogP contribution in [0.15, 0.2) is 0 Å². The average molecular weight is 255 g/mol. The molecule has 0 aliphatic rings. The summed E-state index contributed by atoms with van der Waals surface area (Å²) in [6.07, 6.45) is 0.578. The summed E-state index contributed by atoms with van der Waals surface area (Å²) in [5.74, 6) is 0.381. The van der Waals surface area contributed by atoms with Gasteiger partial charge in [0.2, 0.25) is 11.9 Å². The molecule has 1 atom stereocenters. The van der Waals surface area contributed by atoms with Gasteiger partial charge in [-0.15, -0.1) is 0 Å². The van der Waals surface area contributed by atoms with Crippen molar-refractivity contribution in [3.8, 4) is 6.01 Å². The van der Waals surface area contributed by atoms with Crippen LogP contribution >= 0.6 is 0 Å². The molecule has 0 aliphatic carbocycles. The fraction of sp³-hybridized carbons (Fsp3) is 0.727. The highest BCUT2D eigenvalue weighted by molar-refractivity contribution is 5.32. The van der Waals surface area contributed by atoms with Crippen LogP contribution < -0.4 is 15.8 Å². The zero-order valence-electron chi connectivity index (χ0n) is 11.3. The third-order valence-electron chi connectivity index (χ3n) is 2.36. The molecular formula is C11H21N5O2. The molecule has 0 aromatic carbocycles. The molecule has 0 saturated heterocycles. The Morgan fingerprint density at radius 1 is 1.39 bits per heavy atom. The second kappa shape index (κ2) is 5.81. The number of nitrogens with zero attached hydrogens (tertiary/aromatic N) is 3. The molecule has 1 aromatic rings. The van der Waals surface area contributed by atoms with Gasteiger partial charge in [0, 0.05) is 6.54 Å². The van der Waals surface area contributed by atoms with Crippen molar-refractivity contribution in [2.75, 3.05) is 17.6 Å². The smallest absolute Gasteiger partial charge is 0.323 e. The first-order valence-electron chi connectivity index (χ1n) is 5.97. The van der Waals surface area contributed by atoms with Gasteiger partial charge in [-0.25, -0.2) is 0 Å². The molecule has 102 valence electrons. The molecule has 0 spiro atoms. The Bertz CT molecular complexity index is 395. The Morgan fingerprint density at radius 2 is 2.06 bits per heavy atom. The molecule has 0 bridgehead atoms. The van der Waals surface area contributed by atoms with Crippen LogP contribution in [0.2, 0.25) is 0 Å². The van der Waals surface area contributed by atoms with E-state index in [0.29, 0.717) is 18.9 Å². The second-order valence-electron chi connectivity index (χ2n) is 4.67. The van der Waals surface area contributed by atoms with Gasteiger partial charge in [0.05, 0.1) is 11.7 Å². The van der Waals surface area contributed by atoms with Crippen LogP contribution in [-0.4, -0.2) is 38.3 Å². The fourth-order valence-corrected chi connectivity index (χ4v) is 1.11. The van der Waals surface area contributed by atoms with Crippen molar-refractivity contribution in [1.29, 1.82) is 0 Å². The Hall–Kier alpha value is -1.63. The number of aliphatic hydroxyl groups is 1. The van der Waals surface area contributed by atoms with E-state index < -0.39 is 5.60 Å². The van der Waals surface area contributed by atoms with Crippen molar-refractivity contribution in [1.82, 2.24) is 15.0 Å². The summed E-state index contributed by atoms with van der Waals surface area (Å²) in [6, 6.07) is 0.177. The van der Waals surface area contributed by atoms with Crippen molar-refractivity contribution >= 4 is 11.9 Å². The summed E-state index contributed by atoms with van der Waals surface area (Å²) in [6.45, 7) is 7.70. The lowest BCUT2D eigenvalue weighted by Crippen LogP contribution is -2.33. The molecule has 18 heavy (non-hydrogen) atoms. The van der Waals surface area contributed by atoms with E-state index in [0.717, 1.165) is 0 Å². The molecule has 1 unspecified atom stereocenters. The summed E-state index contributed by atoms with van der Waals surface area (Å²) in [7, 11) is 0. The molecule has 0 aliphatic heterocycles. The van der Waals surface area contributed by atoms with Crippen LogP contribution in [-0.2, 0) is 0 Å². The van der Waals surface area contributed by atoms with E-state index in [1.165, 1.54) is 0 Å². The zero-order valence-corrected chi connectivity index (χ0v) is 11.3. The first-order chi connectivity index (χ1) is 8.32. The van der Waals surface area contributed by atoms with Gasteiger partial charge in [-0.05, 0) is 27.2 Å². The monoisotopic (exact) mass is 255 g/mol. The summed E-state index contributed by atoms with van der Waals surface area (Å²) in [4.78, 5) is 11.9. The quantitative estimate of drug-likeness (QED) is 0.690. The molecule has 0 saturated carbocycles. The summed E-state index contributed by atoms with van der Waals surface area (Å²) >= 11 is 0. The van der Waals surface area contributed by atoms with Gasteiger partial charge in [-0.3, -0.25) is 0 Å². The van der Waals surface area contributed by atoms with E-state index in [1.54, 1.807) is 6.92 Å². The van der Waals surface area contributed by atoms with Gasteiger partial charge in [0.15, 0.2) is 0 Å². The number of nitrogen functional groups attached to an aromatic ring is 1. The highest BCUT2D eigenvalue weighted by Crippen LogP contribution is 2.13. The highest BCUT2D eigenvalue weighted by atomic mass is 16.5. The van der Waals surface area contributed by atoms with Gasteiger partial charge < -0.3 is 20.9 Å². The second-order valence-corrected chi connectivity index (χ2v) is 4.67. The van der Waals surface area contributed by atoms with Gasteiger partial charge in [-0.1, -0.05) is 6.92 Å². The molecular weight excluding hydrogens is 234 g/mol. The van der Waals surface area contributed by atoms with Crippen LogP contribution in [0.25, 0.3) is 0 Å². The molecule has 7 nitrogen and oxygen atoms in total.